The summed E-state index contributed by atoms with van der Waals surface area (Å²) in [5.41, 5.74) is 6.63. The van der Waals surface area contributed by atoms with E-state index in [1.165, 1.54) is 16.3 Å². The number of nitrogens with zero attached hydrogens (tertiary/aromatic N) is 4. The molecule has 0 unspecified atom stereocenters. The van der Waals surface area contributed by atoms with Gasteiger partial charge in [-0.15, -0.1) is 5.10 Å². The number of rotatable bonds is 4. The first-order valence-corrected chi connectivity index (χ1v) is 7.06. The van der Waals surface area contributed by atoms with Gasteiger partial charge >= 0.3 is 5.69 Å². The standard InChI is InChI=1S/C12H16N6O2S/c1-6(2)18-11(19)15-16-12(18)21-10-8(9(13)17-20)5-4-7(3)14-10/h4-6,20H,1-3H3,(H2,13,17)(H,15,19). The minimum absolute atomic E-state index is 0.0426. The predicted octanol–water partition coefficient (Wildman–Crippen LogP) is 1.10. The van der Waals surface area contributed by atoms with Gasteiger partial charge in [-0.1, -0.05) is 5.16 Å². The Balaban J connectivity index is 2.49. The van der Waals surface area contributed by atoms with Gasteiger partial charge in [0, 0.05) is 11.7 Å². The number of oxime groups is 1. The Morgan fingerprint density at radius 3 is 2.86 bits per heavy atom. The highest BCUT2D eigenvalue weighted by molar-refractivity contribution is 7.99. The van der Waals surface area contributed by atoms with Crippen LogP contribution in [0.5, 0.6) is 0 Å². The Hall–Kier alpha value is -2.29. The summed E-state index contributed by atoms with van der Waals surface area (Å²) < 4.78 is 1.52. The van der Waals surface area contributed by atoms with Gasteiger partial charge in [-0.3, -0.25) is 4.57 Å². The van der Waals surface area contributed by atoms with E-state index in [0.717, 1.165) is 5.69 Å². The number of amidine groups is 1. The molecule has 2 heterocycles. The number of H-pyrrole nitrogens is 1. The fourth-order valence-corrected chi connectivity index (χ4v) is 2.89. The van der Waals surface area contributed by atoms with Crippen LogP contribution < -0.4 is 11.4 Å². The number of aromatic amines is 1. The molecule has 2 rings (SSSR count). The zero-order valence-corrected chi connectivity index (χ0v) is 12.7. The van der Waals surface area contributed by atoms with E-state index in [9.17, 15) is 4.79 Å². The van der Waals surface area contributed by atoms with Crippen LogP contribution in [0.15, 0.2) is 32.3 Å². The molecule has 2 aromatic heterocycles. The zero-order valence-electron chi connectivity index (χ0n) is 11.9. The van der Waals surface area contributed by atoms with Gasteiger partial charge in [0.2, 0.25) is 0 Å². The number of hydrogen-bond acceptors (Lipinski definition) is 6. The van der Waals surface area contributed by atoms with Crippen molar-refractivity contribution in [3.63, 3.8) is 0 Å². The van der Waals surface area contributed by atoms with Crippen molar-refractivity contribution in [3.05, 3.63) is 33.9 Å². The van der Waals surface area contributed by atoms with Crippen molar-refractivity contribution in [2.24, 2.45) is 10.9 Å². The second-order valence-electron chi connectivity index (χ2n) is 4.67. The number of pyridine rings is 1. The molecule has 0 aromatic carbocycles. The number of nitrogens with one attached hydrogen (secondary N) is 1. The highest BCUT2D eigenvalue weighted by Crippen LogP contribution is 2.28. The molecular formula is C12H16N6O2S. The van der Waals surface area contributed by atoms with Crippen LogP contribution in [0.2, 0.25) is 0 Å². The van der Waals surface area contributed by atoms with Crippen molar-refractivity contribution in [1.29, 1.82) is 0 Å². The average molecular weight is 308 g/mol. The molecule has 0 saturated heterocycles. The molecule has 0 atom stereocenters. The first-order valence-electron chi connectivity index (χ1n) is 6.24. The first kappa shape index (κ1) is 15.1. The maximum Gasteiger partial charge on any atom is 0.344 e. The third-order valence-electron chi connectivity index (χ3n) is 2.76. The second kappa shape index (κ2) is 6.00. The summed E-state index contributed by atoms with van der Waals surface area (Å²) in [5.74, 6) is -0.0426. The SMILES string of the molecule is Cc1ccc(C(N)=NO)c(Sc2n[nH]c(=O)n2C(C)C)n1. The lowest BCUT2D eigenvalue weighted by Crippen LogP contribution is -2.19. The highest BCUT2D eigenvalue weighted by Gasteiger charge is 2.17. The fraction of sp³-hybridized carbons (Fsp3) is 0.333. The van der Waals surface area contributed by atoms with E-state index in [2.05, 4.69) is 20.3 Å². The molecular weight excluding hydrogens is 292 g/mol. The maximum atomic E-state index is 11.7. The minimum Gasteiger partial charge on any atom is -0.409 e. The van der Waals surface area contributed by atoms with E-state index >= 15 is 0 Å². The first-order chi connectivity index (χ1) is 9.93. The molecule has 0 aliphatic heterocycles. The molecule has 112 valence electrons. The molecule has 21 heavy (non-hydrogen) atoms. The monoisotopic (exact) mass is 308 g/mol. The summed E-state index contributed by atoms with van der Waals surface area (Å²) >= 11 is 1.19. The normalized spacial score (nSPS) is 12.1. The largest absolute Gasteiger partial charge is 0.409 e. The molecule has 0 aliphatic carbocycles. The molecule has 0 bridgehead atoms. The van der Waals surface area contributed by atoms with Crippen LogP contribution >= 0.6 is 11.8 Å². The lowest BCUT2D eigenvalue weighted by Gasteiger charge is -2.10. The van der Waals surface area contributed by atoms with E-state index < -0.39 is 0 Å². The quantitative estimate of drug-likeness (QED) is 0.336. The Labute approximate surface area is 125 Å². The van der Waals surface area contributed by atoms with Crippen molar-refractivity contribution in [1.82, 2.24) is 19.7 Å². The highest BCUT2D eigenvalue weighted by atomic mass is 32.2. The van der Waals surface area contributed by atoms with Crippen LogP contribution in [0.4, 0.5) is 0 Å². The van der Waals surface area contributed by atoms with Crippen molar-refractivity contribution in [3.8, 4) is 0 Å². The van der Waals surface area contributed by atoms with Crippen molar-refractivity contribution < 1.29 is 5.21 Å². The molecule has 4 N–H and O–H groups in total. The van der Waals surface area contributed by atoms with E-state index in [1.807, 2.05) is 20.8 Å². The van der Waals surface area contributed by atoms with Gasteiger partial charge in [-0.25, -0.2) is 14.9 Å². The van der Waals surface area contributed by atoms with Gasteiger partial charge in [0.1, 0.15) is 5.03 Å². The van der Waals surface area contributed by atoms with E-state index in [-0.39, 0.29) is 17.6 Å². The van der Waals surface area contributed by atoms with E-state index in [4.69, 9.17) is 10.9 Å². The number of nitrogens with two attached hydrogens (primary N) is 1. The molecule has 0 amide bonds. The molecule has 0 saturated carbocycles. The molecule has 8 nitrogen and oxygen atoms in total. The number of hydrogen-bond donors (Lipinski definition) is 3. The Morgan fingerprint density at radius 1 is 1.52 bits per heavy atom. The molecule has 0 radical (unpaired) electrons. The summed E-state index contributed by atoms with van der Waals surface area (Å²) in [6.07, 6.45) is 0. The van der Waals surface area contributed by atoms with Gasteiger partial charge < -0.3 is 10.9 Å². The third kappa shape index (κ3) is 3.07. The summed E-state index contributed by atoms with van der Waals surface area (Å²) in [6, 6.07) is 3.43. The van der Waals surface area contributed by atoms with Crippen LogP contribution in [0.1, 0.15) is 31.1 Å². The second-order valence-corrected chi connectivity index (χ2v) is 5.62. The molecule has 0 fully saturated rings. The fourth-order valence-electron chi connectivity index (χ4n) is 1.76. The van der Waals surface area contributed by atoms with Gasteiger partial charge in [0.05, 0.1) is 5.56 Å². The van der Waals surface area contributed by atoms with Crippen molar-refractivity contribution >= 4 is 17.6 Å². The van der Waals surface area contributed by atoms with Crippen molar-refractivity contribution in [2.45, 2.75) is 37.0 Å². The maximum absolute atomic E-state index is 11.7. The number of aromatic nitrogens is 4. The molecule has 0 spiro atoms. The number of aryl methyl sites for hydroxylation is 1. The van der Waals surface area contributed by atoms with Crippen LogP contribution in [0.25, 0.3) is 0 Å². The molecule has 0 aliphatic rings. The lowest BCUT2D eigenvalue weighted by molar-refractivity contribution is 0.318. The van der Waals surface area contributed by atoms with E-state index in [1.54, 1.807) is 12.1 Å². The third-order valence-corrected chi connectivity index (χ3v) is 3.73. The summed E-state index contributed by atoms with van der Waals surface area (Å²) in [7, 11) is 0. The van der Waals surface area contributed by atoms with E-state index in [0.29, 0.717) is 15.7 Å². The van der Waals surface area contributed by atoms with Crippen LogP contribution in [0.3, 0.4) is 0 Å². The van der Waals surface area contributed by atoms with Crippen LogP contribution in [-0.2, 0) is 0 Å². The van der Waals surface area contributed by atoms with Crippen LogP contribution in [0, 0.1) is 6.92 Å². The Kier molecular flexibility index (Phi) is 4.32. The summed E-state index contributed by atoms with van der Waals surface area (Å²) in [5, 5.41) is 19.2. The Morgan fingerprint density at radius 2 is 2.24 bits per heavy atom. The summed E-state index contributed by atoms with van der Waals surface area (Å²) in [4.78, 5) is 16.1. The van der Waals surface area contributed by atoms with Crippen molar-refractivity contribution in [2.75, 3.05) is 0 Å². The van der Waals surface area contributed by atoms with Gasteiger partial charge in [-0.05, 0) is 44.7 Å². The molecule has 9 heteroatoms. The average Bonchev–Trinajstić information content (AvgIpc) is 2.79. The predicted molar refractivity (Wildman–Crippen MR) is 78.8 cm³/mol. The van der Waals surface area contributed by atoms with Crippen LogP contribution in [-0.4, -0.2) is 30.8 Å². The topological polar surface area (TPSA) is 122 Å². The smallest absolute Gasteiger partial charge is 0.344 e. The Bertz CT molecular complexity index is 734. The zero-order chi connectivity index (χ0) is 15.6. The molecule has 2 aromatic rings. The van der Waals surface area contributed by atoms with Gasteiger partial charge in [0.25, 0.3) is 0 Å². The summed E-state index contributed by atoms with van der Waals surface area (Å²) in [6.45, 7) is 5.60. The van der Waals surface area contributed by atoms with Gasteiger partial charge in [-0.2, -0.15) is 0 Å². The van der Waals surface area contributed by atoms with Gasteiger partial charge in [0.15, 0.2) is 11.0 Å². The lowest BCUT2D eigenvalue weighted by atomic mass is 10.2. The minimum atomic E-state index is -0.287.